The Labute approximate surface area is 526 Å². The quantitative estimate of drug-likeness (QED) is 0.0944. The molecule has 0 N–H and O–H groups in total. The van der Waals surface area contributed by atoms with Gasteiger partial charge in [0.25, 0.3) is 6.71 Å². The van der Waals surface area contributed by atoms with Crippen molar-refractivity contribution in [3.63, 3.8) is 0 Å². The largest absolute Gasteiger partial charge is 0.310 e. The lowest BCUT2D eigenvalue weighted by Gasteiger charge is -2.45. The van der Waals surface area contributed by atoms with Crippen LogP contribution in [0.25, 0.3) is 88.3 Å². The third kappa shape index (κ3) is 8.75. The van der Waals surface area contributed by atoms with Gasteiger partial charge >= 0.3 is 0 Å². The van der Waals surface area contributed by atoms with Crippen LogP contribution in [0.1, 0.15) is 0 Å². The van der Waals surface area contributed by atoms with Gasteiger partial charge in [-0.25, -0.2) is 0 Å². The van der Waals surface area contributed by atoms with E-state index in [-0.39, 0.29) is 6.71 Å². The van der Waals surface area contributed by atoms with Crippen LogP contribution >= 0.6 is 0 Å². The molecule has 0 aliphatic carbocycles. The molecule has 90 heavy (non-hydrogen) atoms. The summed E-state index contributed by atoms with van der Waals surface area (Å²) in [7, 11) is 0. The molecule has 420 valence electrons. The summed E-state index contributed by atoms with van der Waals surface area (Å²) in [5.74, 6) is 0. The second-order valence-corrected chi connectivity index (χ2v) is 23.4. The standard InChI is InChI=1S/C86H58BN3/c1-8-29-59(30-9-1)64-54-56-78-77(57-64)87-76-55-53-65(82-72-43-22-24-45-74(72)86(75-46-25-23-44-73(75)82)88(66-39-18-6-19-40-66)67-41-20-7-21-42-67)58-81(76)90(85-70(62-35-14-4-15-36-62)49-27-50-71(85)63-37-16-5-17-38-63)80-52-28-51-79(83(80)87)89(78)84-68(60-31-10-2-11-32-60)47-26-48-69(84)61-33-12-3-13-34-61/h1-58H. The van der Waals surface area contributed by atoms with E-state index in [1.807, 2.05) is 0 Å². The van der Waals surface area contributed by atoms with Crippen molar-refractivity contribution in [1.82, 2.24) is 0 Å². The van der Waals surface area contributed by atoms with Gasteiger partial charge in [0.05, 0.1) is 17.1 Å². The van der Waals surface area contributed by atoms with Crippen molar-refractivity contribution in [3.05, 3.63) is 352 Å². The van der Waals surface area contributed by atoms with Crippen molar-refractivity contribution in [2.75, 3.05) is 14.7 Å². The van der Waals surface area contributed by atoms with Crippen molar-refractivity contribution in [3.8, 4) is 66.8 Å². The Morgan fingerprint density at radius 1 is 0.233 bits per heavy atom. The van der Waals surface area contributed by atoms with Crippen molar-refractivity contribution in [2.45, 2.75) is 0 Å². The van der Waals surface area contributed by atoms with Crippen LogP contribution in [-0.2, 0) is 0 Å². The third-order valence-corrected chi connectivity index (χ3v) is 18.4. The molecule has 0 atom stereocenters. The van der Waals surface area contributed by atoms with Crippen LogP contribution in [0.2, 0.25) is 0 Å². The summed E-state index contributed by atoms with van der Waals surface area (Å²) in [4.78, 5) is 7.70. The molecule has 0 aromatic heterocycles. The lowest BCUT2D eigenvalue weighted by Crippen LogP contribution is -2.61. The first kappa shape index (κ1) is 52.6. The summed E-state index contributed by atoms with van der Waals surface area (Å²) in [6.45, 7) is -0.180. The molecule has 4 heteroatoms. The average Bonchev–Trinajstić information content (AvgIpc) is 0.710. The highest BCUT2D eigenvalue weighted by Crippen LogP contribution is 2.54. The molecule has 3 nitrogen and oxygen atoms in total. The van der Waals surface area contributed by atoms with E-state index >= 15 is 0 Å². The third-order valence-electron chi connectivity index (χ3n) is 18.4. The van der Waals surface area contributed by atoms with Gasteiger partial charge in [0.1, 0.15) is 0 Å². The van der Waals surface area contributed by atoms with Crippen LogP contribution in [0.3, 0.4) is 0 Å². The van der Waals surface area contributed by atoms with Gasteiger partial charge in [0.2, 0.25) is 0 Å². The first-order chi connectivity index (χ1) is 44.7. The fraction of sp³-hybridized carbons (Fsp3) is 0. The molecule has 2 aliphatic rings. The smallest absolute Gasteiger partial charge is 0.252 e. The first-order valence-electron chi connectivity index (χ1n) is 31.1. The predicted octanol–water partition coefficient (Wildman–Crippen LogP) is 21.5. The molecule has 0 unspecified atom stereocenters. The molecule has 0 saturated carbocycles. The minimum atomic E-state index is -0.180. The Hall–Kier alpha value is -11.7. The predicted molar refractivity (Wildman–Crippen MR) is 383 cm³/mol. The summed E-state index contributed by atoms with van der Waals surface area (Å²) in [6.07, 6.45) is 0. The van der Waals surface area contributed by atoms with E-state index in [1.54, 1.807) is 0 Å². The van der Waals surface area contributed by atoms with E-state index in [0.29, 0.717) is 0 Å². The van der Waals surface area contributed by atoms with E-state index < -0.39 is 0 Å². The molecular formula is C86H58BN3. The van der Waals surface area contributed by atoms with Gasteiger partial charge in [0, 0.05) is 67.2 Å². The Kier molecular flexibility index (Phi) is 13.0. The van der Waals surface area contributed by atoms with Crippen molar-refractivity contribution in [2.24, 2.45) is 0 Å². The topological polar surface area (TPSA) is 9.72 Å². The maximum absolute atomic E-state index is 2.65. The van der Waals surface area contributed by atoms with Gasteiger partial charge < -0.3 is 14.7 Å². The number of fused-ring (bicyclic) bond motifs is 6. The first-order valence-corrected chi connectivity index (χ1v) is 31.1. The molecule has 15 aromatic carbocycles. The second-order valence-electron chi connectivity index (χ2n) is 23.4. The van der Waals surface area contributed by atoms with Crippen LogP contribution < -0.4 is 31.1 Å². The summed E-state index contributed by atoms with van der Waals surface area (Å²) in [6, 6.07) is 130. The Balaban J connectivity index is 0.994. The number of benzene rings is 15. The molecule has 17 rings (SSSR count). The summed E-state index contributed by atoms with van der Waals surface area (Å²) in [5.41, 5.74) is 27.8. The van der Waals surface area contributed by atoms with Crippen LogP contribution in [0, 0.1) is 0 Å². The minimum Gasteiger partial charge on any atom is -0.310 e. The van der Waals surface area contributed by atoms with Crippen molar-refractivity contribution in [1.29, 1.82) is 0 Å². The summed E-state index contributed by atoms with van der Waals surface area (Å²) < 4.78 is 0. The molecule has 0 bridgehead atoms. The van der Waals surface area contributed by atoms with Crippen LogP contribution in [0.15, 0.2) is 352 Å². The number of para-hydroxylation sites is 4. The van der Waals surface area contributed by atoms with E-state index in [1.165, 1.54) is 54.6 Å². The molecule has 0 spiro atoms. The fourth-order valence-corrected chi connectivity index (χ4v) is 14.6. The van der Waals surface area contributed by atoms with Gasteiger partial charge in [-0.1, -0.05) is 303 Å². The lowest BCUT2D eigenvalue weighted by molar-refractivity contribution is 1.25. The van der Waals surface area contributed by atoms with Crippen molar-refractivity contribution < 1.29 is 0 Å². The SMILES string of the molecule is c1ccc(-c2ccc3c(c2)B2c4ccc(-c5c6ccccc6c(N(c6ccccc6)c6ccccc6)c6ccccc56)cc4N(c4c(-c5ccccc5)cccc4-c4ccccc4)c4cccc(c42)N3c2c(-c3ccccc3)cccc2-c2ccccc2)cc1. The van der Waals surface area contributed by atoms with Crippen LogP contribution in [0.4, 0.5) is 51.2 Å². The number of anilines is 9. The normalized spacial score (nSPS) is 12.2. The maximum Gasteiger partial charge on any atom is 0.252 e. The van der Waals surface area contributed by atoms with Gasteiger partial charge in [0.15, 0.2) is 0 Å². The fourth-order valence-electron chi connectivity index (χ4n) is 14.6. The lowest BCUT2D eigenvalue weighted by atomic mass is 9.33. The zero-order valence-corrected chi connectivity index (χ0v) is 49.4. The minimum absolute atomic E-state index is 0.180. The van der Waals surface area contributed by atoms with Crippen LogP contribution in [0.5, 0.6) is 0 Å². The molecule has 0 amide bonds. The van der Waals surface area contributed by atoms with Crippen LogP contribution in [-0.4, -0.2) is 6.71 Å². The highest BCUT2D eigenvalue weighted by Gasteiger charge is 2.45. The second kappa shape index (κ2) is 22.2. The molecule has 0 fully saturated rings. The Bertz CT molecular complexity index is 4960. The molecule has 2 aliphatic heterocycles. The molecule has 0 saturated heterocycles. The number of hydrogen-bond donors (Lipinski definition) is 0. The maximum atomic E-state index is 2.65. The van der Waals surface area contributed by atoms with Gasteiger partial charge in [-0.3, -0.25) is 0 Å². The molecular weight excluding hydrogens is 1090 g/mol. The highest BCUT2D eigenvalue weighted by molar-refractivity contribution is 7.00. The van der Waals surface area contributed by atoms with Gasteiger partial charge in [-0.05, 0) is 120 Å². The highest BCUT2D eigenvalue weighted by atomic mass is 15.2. The number of hydrogen-bond acceptors (Lipinski definition) is 3. The van der Waals surface area contributed by atoms with E-state index in [2.05, 4.69) is 367 Å². The molecule has 0 radical (unpaired) electrons. The Morgan fingerprint density at radius 2 is 0.600 bits per heavy atom. The van der Waals surface area contributed by atoms with Crippen molar-refractivity contribution >= 4 is 95.8 Å². The number of nitrogens with zero attached hydrogens (tertiary/aromatic N) is 3. The van der Waals surface area contributed by atoms with Gasteiger partial charge in [-0.2, -0.15) is 0 Å². The molecule has 2 heterocycles. The number of rotatable bonds is 11. The Morgan fingerprint density at radius 3 is 1.04 bits per heavy atom. The van der Waals surface area contributed by atoms with E-state index in [0.717, 1.165) is 101 Å². The summed E-state index contributed by atoms with van der Waals surface area (Å²) >= 11 is 0. The van der Waals surface area contributed by atoms with E-state index in [9.17, 15) is 0 Å². The summed E-state index contributed by atoms with van der Waals surface area (Å²) in [5, 5.41) is 4.70. The zero-order valence-electron chi connectivity index (χ0n) is 49.4. The molecule has 15 aromatic rings. The monoisotopic (exact) mass is 1140 g/mol. The average molecular weight is 1140 g/mol. The van der Waals surface area contributed by atoms with Gasteiger partial charge in [-0.15, -0.1) is 0 Å². The van der Waals surface area contributed by atoms with E-state index in [4.69, 9.17) is 0 Å². The zero-order chi connectivity index (χ0) is 59.5.